The van der Waals surface area contributed by atoms with Gasteiger partial charge < -0.3 is 4.79 Å². The van der Waals surface area contributed by atoms with Crippen LogP contribution in [0.15, 0.2) is 0 Å². The van der Waals surface area contributed by atoms with Crippen molar-refractivity contribution in [1.29, 1.82) is 0 Å². The third kappa shape index (κ3) is 0.762. The minimum atomic E-state index is -2.43. The fraction of sp³-hybridized carbons (Fsp3) is 0.857. The van der Waals surface area contributed by atoms with Gasteiger partial charge in [-0.1, -0.05) is 0 Å². The Kier molecular flexibility index (Phi) is 0.984. The molecule has 56 valence electrons. The van der Waals surface area contributed by atoms with E-state index in [0.717, 1.165) is 6.29 Å². The largest absolute Gasteiger partial charge is 0.303 e. The molecule has 0 radical (unpaired) electrons. The molecular weight excluding hydrogens is 138 g/mol. The first kappa shape index (κ1) is 6.25. The van der Waals surface area contributed by atoms with Gasteiger partial charge in [-0.2, -0.15) is 0 Å². The van der Waals surface area contributed by atoms with E-state index in [1.54, 1.807) is 0 Å². The van der Waals surface area contributed by atoms with Gasteiger partial charge in [0.05, 0.1) is 0 Å². The number of carbonyl (C=O) groups is 1. The highest BCUT2D eigenvalue weighted by atomic mass is 19.3. The number of carbonyl (C=O) groups excluding carboxylic acids is 1. The summed E-state index contributed by atoms with van der Waals surface area (Å²) in [5, 5.41) is 0. The van der Waals surface area contributed by atoms with Crippen molar-refractivity contribution < 1.29 is 13.6 Å². The van der Waals surface area contributed by atoms with Crippen LogP contribution in [0, 0.1) is 17.8 Å². The molecule has 2 fully saturated rings. The van der Waals surface area contributed by atoms with Gasteiger partial charge in [-0.05, 0) is 12.3 Å². The van der Waals surface area contributed by atoms with Gasteiger partial charge in [-0.25, -0.2) is 8.78 Å². The maximum absolute atomic E-state index is 12.3. The predicted molar refractivity (Wildman–Crippen MR) is 30.7 cm³/mol. The molecule has 0 aromatic heterocycles. The van der Waals surface area contributed by atoms with Crippen LogP contribution in [0.4, 0.5) is 8.78 Å². The Balaban J connectivity index is 1.90. The number of rotatable bonds is 2. The van der Waals surface area contributed by atoms with Crippen molar-refractivity contribution in [2.24, 2.45) is 17.8 Å². The zero-order valence-electron chi connectivity index (χ0n) is 5.39. The molecule has 3 atom stereocenters. The zero-order valence-corrected chi connectivity index (χ0v) is 5.39. The molecule has 2 saturated carbocycles. The van der Waals surface area contributed by atoms with Gasteiger partial charge >= 0.3 is 0 Å². The molecule has 0 bridgehead atoms. The van der Waals surface area contributed by atoms with Crippen LogP contribution in [-0.4, -0.2) is 12.2 Å². The van der Waals surface area contributed by atoms with Crippen LogP contribution in [0.5, 0.6) is 0 Å². The Labute approximate surface area is 57.4 Å². The lowest BCUT2D eigenvalue weighted by atomic mass is 10.2. The molecule has 2 rings (SSSR count). The van der Waals surface area contributed by atoms with Crippen molar-refractivity contribution >= 4 is 6.29 Å². The molecule has 0 heterocycles. The Morgan fingerprint density at radius 1 is 1.50 bits per heavy atom. The van der Waals surface area contributed by atoms with Crippen molar-refractivity contribution in [3.8, 4) is 0 Å². The van der Waals surface area contributed by atoms with Crippen molar-refractivity contribution in [2.75, 3.05) is 0 Å². The summed E-state index contributed by atoms with van der Waals surface area (Å²) in [6, 6.07) is 0. The lowest BCUT2D eigenvalue weighted by molar-refractivity contribution is -0.109. The first-order chi connectivity index (χ1) is 4.65. The fourth-order valence-corrected chi connectivity index (χ4v) is 1.55. The summed E-state index contributed by atoms with van der Waals surface area (Å²) in [5.41, 5.74) is 0. The van der Waals surface area contributed by atoms with E-state index < -0.39 is 11.8 Å². The second-order valence-corrected chi connectivity index (χ2v) is 3.27. The average molecular weight is 146 g/mol. The van der Waals surface area contributed by atoms with Crippen LogP contribution in [-0.2, 0) is 4.79 Å². The van der Waals surface area contributed by atoms with E-state index in [9.17, 15) is 13.6 Å². The summed E-state index contributed by atoms with van der Waals surface area (Å²) in [7, 11) is 0. The average Bonchev–Trinajstić information content (AvgIpc) is 2.66. The number of halogens is 2. The van der Waals surface area contributed by atoms with E-state index in [0.29, 0.717) is 6.42 Å². The molecule has 0 amide bonds. The van der Waals surface area contributed by atoms with E-state index in [-0.39, 0.29) is 18.3 Å². The van der Waals surface area contributed by atoms with Crippen LogP contribution in [0.3, 0.4) is 0 Å². The molecule has 0 aliphatic heterocycles. The number of hydrogen-bond acceptors (Lipinski definition) is 1. The first-order valence-electron chi connectivity index (χ1n) is 3.48. The second kappa shape index (κ2) is 1.57. The summed E-state index contributed by atoms with van der Waals surface area (Å²) in [6.07, 6.45) is 1.52. The van der Waals surface area contributed by atoms with Crippen molar-refractivity contribution in [1.82, 2.24) is 0 Å². The normalized spacial score (nSPS) is 48.4. The first-order valence-corrected chi connectivity index (χ1v) is 3.48. The highest BCUT2D eigenvalue weighted by Crippen LogP contribution is 2.62. The standard InChI is InChI=1S/C7H8F2O/c8-7(9)2-6(7)5-1-4(5)3-10/h3-6H,1-2H2/t4-,5-,6+/m0/s1. The van der Waals surface area contributed by atoms with E-state index in [1.165, 1.54) is 0 Å². The molecule has 0 aromatic rings. The van der Waals surface area contributed by atoms with Crippen molar-refractivity contribution in [2.45, 2.75) is 18.8 Å². The summed E-state index contributed by atoms with van der Waals surface area (Å²) in [5.74, 6) is -2.91. The van der Waals surface area contributed by atoms with E-state index >= 15 is 0 Å². The van der Waals surface area contributed by atoms with Gasteiger partial charge in [0.15, 0.2) is 0 Å². The van der Waals surface area contributed by atoms with Gasteiger partial charge in [-0.15, -0.1) is 0 Å². The molecule has 0 saturated heterocycles. The molecule has 10 heavy (non-hydrogen) atoms. The Hall–Kier alpha value is -0.470. The summed E-state index contributed by atoms with van der Waals surface area (Å²) in [4.78, 5) is 10.1. The third-order valence-electron chi connectivity index (χ3n) is 2.46. The Morgan fingerprint density at radius 3 is 2.40 bits per heavy atom. The SMILES string of the molecule is O=C[C@@H]1C[C@@H]1[C@H]1CC1(F)F. The summed E-state index contributed by atoms with van der Waals surface area (Å²) >= 11 is 0. The smallest absolute Gasteiger partial charge is 0.251 e. The fourth-order valence-electron chi connectivity index (χ4n) is 1.55. The molecule has 0 unspecified atom stereocenters. The number of aldehydes is 1. The highest BCUT2D eigenvalue weighted by molar-refractivity contribution is 5.58. The Bertz CT molecular complexity index is 178. The molecule has 2 aliphatic carbocycles. The molecule has 0 aromatic carbocycles. The third-order valence-corrected chi connectivity index (χ3v) is 2.46. The van der Waals surface area contributed by atoms with E-state index in [1.807, 2.05) is 0 Å². The summed E-state index contributed by atoms with van der Waals surface area (Å²) in [6.45, 7) is 0. The zero-order chi connectivity index (χ0) is 7.35. The summed E-state index contributed by atoms with van der Waals surface area (Å²) < 4.78 is 24.6. The molecule has 2 aliphatic rings. The highest BCUT2D eigenvalue weighted by Gasteiger charge is 2.65. The van der Waals surface area contributed by atoms with Crippen LogP contribution in [0.2, 0.25) is 0 Å². The van der Waals surface area contributed by atoms with Crippen LogP contribution in [0.1, 0.15) is 12.8 Å². The van der Waals surface area contributed by atoms with Crippen LogP contribution in [0.25, 0.3) is 0 Å². The minimum Gasteiger partial charge on any atom is -0.303 e. The number of alkyl halides is 2. The van der Waals surface area contributed by atoms with E-state index in [4.69, 9.17) is 0 Å². The van der Waals surface area contributed by atoms with Gasteiger partial charge in [0, 0.05) is 18.3 Å². The molecule has 0 N–H and O–H groups in total. The van der Waals surface area contributed by atoms with Gasteiger partial charge in [0.1, 0.15) is 6.29 Å². The maximum Gasteiger partial charge on any atom is 0.251 e. The molecular formula is C7H8F2O. The maximum atomic E-state index is 12.3. The van der Waals surface area contributed by atoms with Crippen molar-refractivity contribution in [3.05, 3.63) is 0 Å². The lowest BCUT2D eigenvalue weighted by Crippen LogP contribution is -1.97. The monoisotopic (exact) mass is 146 g/mol. The molecule has 3 heteroatoms. The predicted octanol–water partition coefficient (Wildman–Crippen LogP) is 1.48. The van der Waals surface area contributed by atoms with Gasteiger partial charge in [0.25, 0.3) is 5.92 Å². The van der Waals surface area contributed by atoms with Crippen LogP contribution >= 0.6 is 0 Å². The Morgan fingerprint density at radius 2 is 2.10 bits per heavy atom. The quantitative estimate of drug-likeness (QED) is 0.539. The van der Waals surface area contributed by atoms with Gasteiger partial charge in [0.2, 0.25) is 0 Å². The van der Waals surface area contributed by atoms with Crippen molar-refractivity contribution in [3.63, 3.8) is 0 Å². The molecule has 1 nitrogen and oxygen atoms in total. The van der Waals surface area contributed by atoms with Gasteiger partial charge in [-0.3, -0.25) is 0 Å². The van der Waals surface area contributed by atoms with E-state index in [2.05, 4.69) is 0 Å². The topological polar surface area (TPSA) is 17.1 Å². The second-order valence-electron chi connectivity index (χ2n) is 3.27. The van der Waals surface area contributed by atoms with Crippen LogP contribution < -0.4 is 0 Å². The lowest BCUT2D eigenvalue weighted by Gasteiger charge is -1.91. The minimum absolute atomic E-state index is 0.0159. The molecule has 0 spiro atoms. The number of hydrogen-bond donors (Lipinski definition) is 0.